The van der Waals surface area contributed by atoms with Crippen LogP contribution in [0.1, 0.15) is 60.1 Å². The lowest BCUT2D eigenvalue weighted by Gasteiger charge is -2.30. The molecule has 1 fully saturated rings. The summed E-state index contributed by atoms with van der Waals surface area (Å²) in [5.74, 6) is 1.10. The van der Waals surface area contributed by atoms with Crippen LogP contribution in [0.25, 0.3) is 5.82 Å². The number of nitrogens with zero attached hydrogens (tertiary/aromatic N) is 5. The van der Waals surface area contributed by atoms with E-state index < -0.39 is 11.2 Å². The number of nitrogens with two attached hydrogens (primary N) is 1. The van der Waals surface area contributed by atoms with Crippen molar-refractivity contribution in [3.05, 3.63) is 55.7 Å². The van der Waals surface area contributed by atoms with Gasteiger partial charge in [-0.3, -0.25) is 23.3 Å². The van der Waals surface area contributed by atoms with Gasteiger partial charge in [-0.1, -0.05) is 12.1 Å². The summed E-state index contributed by atoms with van der Waals surface area (Å²) in [5, 5.41) is 4.05. The lowest BCUT2D eigenvalue weighted by atomic mass is 10.1. The standard InChI is InChI=1S/C24H32N6O4/c1-5-9-28-22(25)21(27-10-7-6-8-11-27)23(32)29(24(28)33)14-19(31)18-12-15(2)30(17(18)4)20-13-16(3)34-26-20/h12-13H,5-11,14,25H2,1-4H3. The summed E-state index contributed by atoms with van der Waals surface area (Å²) in [4.78, 5) is 42.0. The van der Waals surface area contributed by atoms with Crippen LogP contribution in [-0.2, 0) is 13.1 Å². The zero-order valence-electron chi connectivity index (χ0n) is 20.3. The molecule has 0 saturated carbocycles. The summed E-state index contributed by atoms with van der Waals surface area (Å²) >= 11 is 0. The fourth-order valence-corrected chi connectivity index (χ4v) is 4.78. The Bertz CT molecular complexity index is 1340. The monoisotopic (exact) mass is 468 g/mol. The van der Waals surface area contributed by atoms with Crippen LogP contribution in [0.4, 0.5) is 11.5 Å². The summed E-state index contributed by atoms with van der Waals surface area (Å²) in [5.41, 5.74) is 7.50. The first-order chi connectivity index (χ1) is 16.2. The first kappa shape index (κ1) is 23.6. The van der Waals surface area contributed by atoms with Crippen molar-refractivity contribution < 1.29 is 9.32 Å². The van der Waals surface area contributed by atoms with Gasteiger partial charge in [-0.2, -0.15) is 0 Å². The molecule has 1 aliphatic heterocycles. The van der Waals surface area contributed by atoms with Crippen LogP contribution < -0.4 is 21.9 Å². The largest absolute Gasteiger partial charge is 0.383 e. The molecule has 1 aliphatic rings. The summed E-state index contributed by atoms with van der Waals surface area (Å²) in [6.45, 7) is 8.84. The maximum Gasteiger partial charge on any atom is 0.333 e. The highest BCUT2D eigenvalue weighted by molar-refractivity contribution is 5.97. The van der Waals surface area contributed by atoms with Gasteiger partial charge in [-0.25, -0.2) is 4.79 Å². The number of carbonyl (C=O) groups is 1. The highest BCUT2D eigenvalue weighted by atomic mass is 16.5. The minimum absolute atomic E-state index is 0.182. The van der Waals surface area contributed by atoms with Gasteiger partial charge in [0.25, 0.3) is 5.56 Å². The smallest absolute Gasteiger partial charge is 0.333 e. The topological polar surface area (TPSA) is 121 Å². The summed E-state index contributed by atoms with van der Waals surface area (Å²) < 4.78 is 9.45. The molecule has 3 aromatic rings. The van der Waals surface area contributed by atoms with E-state index in [2.05, 4.69) is 5.16 Å². The molecule has 0 unspecified atom stereocenters. The van der Waals surface area contributed by atoms with Gasteiger partial charge in [-0.15, -0.1) is 0 Å². The Balaban J connectivity index is 1.77. The minimum atomic E-state index is -0.556. The molecule has 10 heteroatoms. The molecular weight excluding hydrogens is 436 g/mol. The number of aromatic nitrogens is 4. The Kier molecular flexibility index (Phi) is 6.49. The Morgan fingerprint density at radius 2 is 1.79 bits per heavy atom. The van der Waals surface area contributed by atoms with Crippen molar-refractivity contribution in [1.82, 2.24) is 18.9 Å². The van der Waals surface area contributed by atoms with Crippen molar-refractivity contribution in [2.45, 2.75) is 66.5 Å². The fraction of sp³-hybridized carbons (Fsp3) is 0.500. The summed E-state index contributed by atoms with van der Waals surface area (Å²) in [6.07, 6.45) is 3.68. The Morgan fingerprint density at radius 3 is 2.41 bits per heavy atom. The molecule has 3 aromatic heterocycles. The van der Waals surface area contributed by atoms with E-state index in [0.717, 1.165) is 29.5 Å². The molecule has 34 heavy (non-hydrogen) atoms. The number of carbonyl (C=O) groups excluding carboxylic acids is 1. The van der Waals surface area contributed by atoms with E-state index in [0.29, 0.717) is 54.6 Å². The van der Waals surface area contributed by atoms with Gasteiger partial charge < -0.3 is 15.2 Å². The Hall–Kier alpha value is -3.56. The van der Waals surface area contributed by atoms with E-state index in [1.54, 1.807) is 19.1 Å². The molecule has 0 amide bonds. The number of rotatable bonds is 7. The van der Waals surface area contributed by atoms with Gasteiger partial charge in [-0.05, 0) is 52.5 Å². The molecule has 4 heterocycles. The van der Waals surface area contributed by atoms with Crippen LogP contribution in [-0.4, -0.2) is 37.7 Å². The van der Waals surface area contributed by atoms with E-state index >= 15 is 0 Å². The molecule has 0 atom stereocenters. The average molecular weight is 469 g/mol. The van der Waals surface area contributed by atoms with Crippen molar-refractivity contribution >= 4 is 17.3 Å². The predicted molar refractivity (Wildman–Crippen MR) is 130 cm³/mol. The highest BCUT2D eigenvalue weighted by Gasteiger charge is 2.26. The van der Waals surface area contributed by atoms with Crippen LogP contribution in [0.2, 0.25) is 0 Å². The van der Waals surface area contributed by atoms with Crippen molar-refractivity contribution in [1.29, 1.82) is 0 Å². The molecule has 10 nitrogen and oxygen atoms in total. The molecule has 0 radical (unpaired) electrons. The van der Waals surface area contributed by atoms with Gasteiger partial charge in [0, 0.05) is 42.7 Å². The summed E-state index contributed by atoms with van der Waals surface area (Å²) in [7, 11) is 0. The third-order valence-corrected chi connectivity index (χ3v) is 6.44. The van der Waals surface area contributed by atoms with E-state index in [-0.39, 0.29) is 18.1 Å². The summed E-state index contributed by atoms with van der Waals surface area (Å²) in [6, 6.07) is 3.53. The van der Waals surface area contributed by atoms with Crippen molar-refractivity contribution in [3.63, 3.8) is 0 Å². The number of hydrogen-bond donors (Lipinski definition) is 1. The van der Waals surface area contributed by atoms with E-state index in [1.165, 1.54) is 4.57 Å². The first-order valence-corrected chi connectivity index (χ1v) is 11.8. The third-order valence-electron chi connectivity index (χ3n) is 6.44. The number of nitrogen functional groups attached to an aromatic ring is 1. The van der Waals surface area contributed by atoms with Crippen molar-refractivity contribution in [2.24, 2.45) is 0 Å². The van der Waals surface area contributed by atoms with Gasteiger partial charge >= 0.3 is 5.69 Å². The van der Waals surface area contributed by atoms with Crippen LogP contribution in [0.3, 0.4) is 0 Å². The maximum atomic E-state index is 13.5. The number of anilines is 2. The Morgan fingerprint density at radius 1 is 1.09 bits per heavy atom. The lowest BCUT2D eigenvalue weighted by Crippen LogP contribution is -2.46. The van der Waals surface area contributed by atoms with E-state index in [9.17, 15) is 14.4 Å². The van der Waals surface area contributed by atoms with Gasteiger partial charge in [0.2, 0.25) is 0 Å². The zero-order valence-corrected chi connectivity index (χ0v) is 20.3. The molecular formula is C24H32N6O4. The van der Waals surface area contributed by atoms with Gasteiger partial charge in [0.05, 0.1) is 6.54 Å². The van der Waals surface area contributed by atoms with Crippen LogP contribution >= 0.6 is 0 Å². The predicted octanol–water partition coefficient (Wildman–Crippen LogP) is 2.58. The van der Waals surface area contributed by atoms with Gasteiger partial charge in [0.15, 0.2) is 11.6 Å². The Labute approximate surface area is 197 Å². The number of aryl methyl sites for hydroxylation is 2. The first-order valence-electron chi connectivity index (χ1n) is 11.8. The quantitative estimate of drug-likeness (QED) is 0.529. The SMILES string of the molecule is CCCn1c(N)c(N2CCCCC2)c(=O)n(CC(=O)c2cc(C)n(-c3cc(C)on3)c2C)c1=O. The van der Waals surface area contributed by atoms with Gasteiger partial charge in [0.1, 0.15) is 17.3 Å². The normalized spacial score (nSPS) is 14.1. The van der Waals surface area contributed by atoms with Crippen LogP contribution in [0.15, 0.2) is 26.2 Å². The fourth-order valence-electron chi connectivity index (χ4n) is 4.78. The number of ketones is 1. The second-order valence-corrected chi connectivity index (χ2v) is 8.95. The number of piperidine rings is 1. The molecule has 0 spiro atoms. The number of hydrogen-bond acceptors (Lipinski definition) is 7. The van der Waals surface area contributed by atoms with Crippen molar-refractivity contribution in [2.75, 3.05) is 23.7 Å². The molecule has 0 bridgehead atoms. The van der Waals surface area contributed by atoms with E-state index in [4.69, 9.17) is 10.3 Å². The maximum absolute atomic E-state index is 13.5. The molecule has 2 N–H and O–H groups in total. The van der Waals surface area contributed by atoms with Crippen molar-refractivity contribution in [3.8, 4) is 5.82 Å². The van der Waals surface area contributed by atoms with Crippen LogP contribution in [0, 0.1) is 20.8 Å². The minimum Gasteiger partial charge on any atom is -0.383 e. The molecule has 4 rings (SSSR count). The molecule has 0 aliphatic carbocycles. The third kappa shape index (κ3) is 4.08. The molecule has 182 valence electrons. The van der Waals surface area contributed by atoms with E-state index in [1.807, 2.05) is 30.2 Å². The van der Waals surface area contributed by atoms with Crippen LogP contribution in [0.5, 0.6) is 0 Å². The highest BCUT2D eigenvalue weighted by Crippen LogP contribution is 2.23. The molecule has 1 saturated heterocycles. The number of Topliss-reactive ketones (excluding diaryl/α,β-unsaturated/α-hetero) is 1. The lowest BCUT2D eigenvalue weighted by molar-refractivity contribution is 0.0968. The zero-order chi connectivity index (χ0) is 24.6. The second kappa shape index (κ2) is 9.36. The second-order valence-electron chi connectivity index (χ2n) is 8.95. The molecule has 0 aromatic carbocycles. The average Bonchev–Trinajstić information content (AvgIpc) is 3.36.